The number of likely N-dealkylation sites (tertiary alicyclic amines) is 1. The highest BCUT2D eigenvalue weighted by Gasteiger charge is 2.30. The SMILES string of the molecule is CC(C(=O)Nc1sc2c(c1C#N)CCCCC2)N1CCC(C(N)=O)CC1. The molecule has 1 fully saturated rings. The highest BCUT2D eigenvalue weighted by molar-refractivity contribution is 7.16. The molecule has 0 saturated carbocycles. The van der Waals surface area contributed by atoms with E-state index in [9.17, 15) is 14.9 Å². The lowest BCUT2D eigenvalue weighted by Crippen LogP contribution is -2.47. The van der Waals surface area contributed by atoms with Gasteiger partial charge in [0.2, 0.25) is 11.8 Å². The number of anilines is 1. The first-order chi connectivity index (χ1) is 12.5. The number of thiophene rings is 1. The summed E-state index contributed by atoms with van der Waals surface area (Å²) >= 11 is 1.56. The molecule has 1 aliphatic carbocycles. The summed E-state index contributed by atoms with van der Waals surface area (Å²) in [6, 6.07) is 2.01. The van der Waals surface area contributed by atoms with Crippen LogP contribution in [0.1, 0.15) is 55.0 Å². The van der Waals surface area contributed by atoms with Crippen LogP contribution in [0.2, 0.25) is 0 Å². The summed E-state index contributed by atoms with van der Waals surface area (Å²) in [5, 5.41) is 13.3. The molecule has 3 rings (SSSR count). The molecule has 26 heavy (non-hydrogen) atoms. The van der Waals surface area contributed by atoms with E-state index in [0.29, 0.717) is 36.5 Å². The molecule has 0 aromatic carbocycles. The van der Waals surface area contributed by atoms with Gasteiger partial charge in [0.25, 0.3) is 0 Å². The maximum Gasteiger partial charge on any atom is 0.242 e. The molecule has 7 heteroatoms. The van der Waals surface area contributed by atoms with Crippen LogP contribution in [-0.4, -0.2) is 35.8 Å². The van der Waals surface area contributed by atoms with Crippen LogP contribution in [0.15, 0.2) is 0 Å². The van der Waals surface area contributed by atoms with Gasteiger partial charge in [0.15, 0.2) is 0 Å². The number of aryl methyl sites for hydroxylation is 1. The Balaban J connectivity index is 1.67. The highest BCUT2D eigenvalue weighted by Crippen LogP contribution is 2.37. The molecule has 0 spiro atoms. The Hall–Kier alpha value is -1.91. The van der Waals surface area contributed by atoms with Crippen molar-refractivity contribution in [3.63, 3.8) is 0 Å². The third-order valence-electron chi connectivity index (χ3n) is 5.63. The van der Waals surface area contributed by atoms with E-state index in [1.165, 1.54) is 11.3 Å². The first kappa shape index (κ1) is 18.9. The van der Waals surface area contributed by atoms with Crippen molar-refractivity contribution in [2.75, 3.05) is 18.4 Å². The fourth-order valence-corrected chi connectivity index (χ4v) is 5.15. The summed E-state index contributed by atoms with van der Waals surface area (Å²) in [6.45, 7) is 3.26. The lowest BCUT2D eigenvalue weighted by Gasteiger charge is -2.34. The lowest BCUT2D eigenvalue weighted by molar-refractivity contribution is -0.124. The summed E-state index contributed by atoms with van der Waals surface area (Å²) in [7, 11) is 0. The van der Waals surface area contributed by atoms with E-state index in [2.05, 4.69) is 16.3 Å². The van der Waals surface area contributed by atoms with Crippen LogP contribution in [0.25, 0.3) is 0 Å². The van der Waals surface area contributed by atoms with E-state index < -0.39 is 0 Å². The van der Waals surface area contributed by atoms with Gasteiger partial charge in [-0.2, -0.15) is 5.26 Å². The number of piperidine rings is 1. The van der Waals surface area contributed by atoms with Crippen molar-refractivity contribution >= 4 is 28.2 Å². The van der Waals surface area contributed by atoms with Crippen molar-refractivity contribution in [1.29, 1.82) is 5.26 Å². The van der Waals surface area contributed by atoms with Crippen molar-refractivity contribution in [2.45, 2.75) is 57.9 Å². The first-order valence-electron chi connectivity index (χ1n) is 9.40. The van der Waals surface area contributed by atoms with E-state index in [-0.39, 0.29) is 23.8 Å². The van der Waals surface area contributed by atoms with Crippen LogP contribution in [0, 0.1) is 17.2 Å². The van der Waals surface area contributed by atoms with Gasteiger partial charge in [0.05, 0.1) is 11.6 Å². The number of amides is 2. The summed E-state index contributed by atoms with van der Waals surface area (Å²) < 4.78 is 0. The number of hydrogen-bond donors (Lipinski definition) is 2. The normalized spacial score (nSPS) is 19.8. The molecule has 2 aliphatic rings. The Morgan fingerprint density at radius 3 is 2.62 bits per heavy atom. The van der Waals surface area contributed by atoms with Crippen molar-refractivity contribution in [2.24, 2.45) is 11.7 Å². The number of hydrogen-bond acceptors (Lipinski definition) is 5. The van der Waals surface area contributed by atoms with Gasteiger partial charge < -0.3 is 11.1 Å². The predicted octanol–water partition coefficient (Wildman–Crippen LogP) is 2.41. The van der Waals surface area contributed by atoms with Crippen molar-refractivity contribution in [1.82, 2.24) is 4.90 Å². The molecule has 0 bridgehead atoms. The zero-order valence-corrected chi connectivity index (χ0v) is 16.0. The number of carbonyl (C=O) groups is 2. The topological polar surface area (TPSA) is 99.2 Å². The molecule has 6 nitrogen and oxygen atoms in total. The fraction of sp³-hybridized carbons (Fsp3) is 0.632. The Labute approximate surface area is 158 Å². The van der Waals surface area contributed by atoms with Crippen LogP contribution in [0.4, 0.5) is 5.00 Å². The number of rotatable bonds is 4. The molecule has 1 aromatic rings. The Kier molecular flexibility index (Phi) is 5.94. The molecule has 1 aliphatic heterocycles. The second kappa shape index (κ2) is 8.19. The van der Waals surface area contributed by atoms with Crippen molar-refractivity contribution in [3.8, 4) is 6.07 Å². The fourth-order valence-electron chi connectivity index (χ4n) is 3.90. The average molecular weight is 375 g/mol. The van der Waals surface area contributed by atoms with E-state index in [0.717, 1.165) is 31.2 Å². The van der Waals surface area contributed by atoms with Gasteiger partial charge in [-0.25, -0.2) is 0 Å². The molecule has 1 atom stereocenters. The van der Waals surface area contributed by atoms with E-state index in [1.807, 2.05) is 6.92 Å². The van der Waals surface area contributed by atoms with Gasteiger partial charge in [-0.3, -0.25) is 14.5 Å². The van der Waals surface area contributed by atoms with Gasteiger partial charge in [-0.05, 0) is 64.1 Å². The molecule has 140 valence electrons. The molecule has 0 radical (unpaired) electrons. The van der Waals surface area contributed by atoms with Gasteiger partial charge in [-0.1, -0.05) is 6.42 Å². The number of nitrogens with one attached hydrogen (secondary N) is 1. The zero-order chi connectivity index (χ0) is 18.7. The predicted molar refractivity (Wildman–Crippen MR) is 102 cm³/mol. The molecule has 1 saturated heterocycles. The van der Waals surface area contributed by atoms with Crippen LogP contribution < -0.4 is 11.1 Å². The summed E-state index contributed by atoms with van der Waals surface area (Å²) in [5.74, 6) is -0.421. The minimum absolute atomic E-state index is 0.0836. The maximum absolute atomic E-state index is 12.7. The third kappa shape index (κ3) is 3.92. The second-order valence-electron chi connectivity index (χ2n) is 7.26. The Morgan fingerprint density at radius 1 is 1.27 bits per heavy atom. The maximum atomic E-state index is 12.7. The van der Waals surface area contributed by atoms with Crippen LogP contribution >= 0.6 is 11.3 Å². The second-order valence-corrected chi connectivity index (χ2v) is 8.36. The average Bonchev–Trinajstić information content (AvgIpc) is 2.80. The Morgan fingerprint density at radius 2 is 1.96 bits per heavy atom. The van der Waals surface area contributed by atoms with Crippen molar-refractivity contribution < 1.29 is 9.59 Å². The van der Waals surface area contributed by atoms with Crippen LogP contribution in [0.3, 0.4) is 0 Å². The molecule has 3 N–H and O–H groups in total. The Bertz CT molecular complexity index is 729. The monoisotopic (exact) mass is 374 g/mol. The number of primary amides is 1. The quantitative estimate of drug-likeness (QED) is 0.791. The van der Waals surface area contributed by atoms with Gasteiger partial charge >= 0.3 is 0 Å². The number of nitrogens with zero attached hydrogens (tertiary/aromatic N) is 2. The minimum Gasteiger partial charge on any atom is -0.369 e. The summed E-state index contributed by atoms with van der Waals surface area (Å²) in [5.41, 5.74) is 7.17. The molecular formula is C19H26N4O2S. The molecule has 2 heterocycles. The van der Waals surface area contributed by atoms with Crippen LogP contribution in [0.5, 0.6) is 0 Å². The number of carbonyl (C=O) groups excluding carboxylic acids is 2. The van der Waals surface area contributed by atoms with E-state index >= 15 is 0 Å². The lowest BCUT2D eigenvalue weighted by atomic mass is 9.95. The third-order valence-corrected chi connectivity index (χ3v) is 6.84. The number of fused-ring (bicyclic) bond motifs is 1. The van der Waals surface area contributed by atoms with E-state index in [4.69, 9.17) is 5.73 Å². The number of nitriles is 1. The standard InChI is InChI=1S/C19H26N4O2S/c1-12(23-9-7-13(8-10-23)17(21)24)18(25)22-19-15(11-20)14-5-3-2-4-6-16(14)26-19/h12-13H,2-10H2,1H3,(H2,21,24)(H,22,25). The first-order valence-corrected chi connectivity index (χ1v) is 10.2. The van der Waals surface area contributed by atoms with Crippen molar-refractivity contribution in [3.05, 3.63) is 16.0 Å². The smallest absolute Gasteiger partial charge is 0.242 e. The molecule has 1 aromatic heterocycles. The molecule has 2 amide bonds. The minimum atomic E-state index is -0.294. The number of nitrogens with two attached hydrogens (primary N) is 1. The van der Waals surface area contributed by atoms with Gasteiger partial charge in [0, 0.05) is 10.8 Å². The largest absolute Gasteiger partial charge is 0.369 e. The summed E-state index contributed by atoms with van der Waals surface area (Å²) in [6.07, 6.45) is 6.79. The van der Waals surface area contributed by atoms with Crippen LogP contribution in [-0.2, 0) is 22.4 Å². The van der Waals surface area contributed by atoms with E-state index in [1.54, 1.807) is 11.3 Å². The molecular weight excluding hydrogens is 348 g/mol. The zero-order valence-electron chi connectivity index (χ0n) is 15.2. The molecule has 1 unspecified atom stereocenters. The van der Waals surface area contributed by atoms with Gasteiger partial charge in [-0.15, -0.1) is 11.3 Å². The van der Waals surface area contributed by atoms with Gasteiger partial charge in [0.1, 0.15) is 11.1 Å². The summed E-state index contributed by atoms with van der Waals surface area (Å²) in [4.78, 5) is 27.4. The highest BCUT2D eigenvalue weighted by atomic mass is 32.1.